The Balaban J connectivity index is 1.49. The van der Waals surface area contributed by atoms with Gasteiger partial charge >= 0.3 is 0 Å². The van der Waals surface area contributed by atoms with Crippen LogP contribution < -0.4 is 10.1 Å². The Morgan fingerprint density at radius 2 is 1.48 bits per heavy atom. The Kier molecular flexibility index (Phi) is 5.10. The summed E-state index contributed by atoms with van der Waals surface area (Å²) in [6, 6.07) is 24.7. The molecule has 138 valence electrons. The van der Waals surface area contributed by atoms with Crippen molar-refractivity contribution in [1.29, 1.82) is 0 Å². The average molecular weight is 360 g/mol. The smallest absolute Gasteiger partial charge is 0.123 e. The van der Waals surface area contributed by atoms with Crippen LogP contribution in [0, 0.1) is 0 Å². The standard InChI is InChI=1S/C23H24N2O2/c1-27-23-13-7-2-8-17(23)14-24-15-18(26)16-25-21-11-5-3-9-19(21)20-10-4-6-12-22(20)25/h2-13,18,24,26H,14-16H2,1H3/t18-/m0/s1. The van der Waals surface area contributed by atoms with Crippen LogP contribution in [0.2, 0.25) is 0 Å². The van der Waals surface area contributed by atoms with Gasteiger partial charge in [0.1, 0.15) is 5.75 Å². The van der Waals surface area contributed by atoms with Gasteiger partial charge in [-0.15, -0.1) is 0 Å². The average Bonchev–Trinajstić information content (AvgIpc) is 3.02. The van der Waals surface area contributed by atoms with Crippen molar-refractivity contribution in [2.24, 2.45) is 0 Å². The van der Waals surface area contributed by atoms with E-state index in [-0.39, 0.29) is 0 Å². The van der Waals surface area contributed by atoms with Crippen molar-refractivity contribution in [1.82, 2.24) is 9.88 Å². The highest BCUT2D eigenvalue weighted by Gasteiger charge is 2.13. The van der Waals surface area contributed by atoms with Gasteiger partial charge in [-0.05, 0) is 18.2 Å². The topological polar surface area (TPSA) is 46.4 Å². The maximum atomic E-state index is 10.6. The van der Waals surface area contributed by atoms with Crippen LogP contribution in [0.1, 0.15) is 5.56 Å². The van der Waals surface area contributed by atoms with Gasteiger partial charge in [-0.3, -0.25) is 0 Å². The molecule has 0 fully saturated rings. The molecule has 1 aromatic heterocycles. The van der Waals surface area contributed by atoms with Crippen molar-refractivity contribution in [3.63, 3.8) is 0 Å². The molecule has 4 nitrogen and oxygen atoms in total. The third-order valence-electron chi connectivity index (χ3n) is 4.96. The molecule has 0 radical (unpaired) electrons. The number of fused-ring (bicyclic) bond motifs is 3. The van der Waals surface area contributed by atoms with Crippen molar-refractivity contribution < 1.29 is 9.84 Å². The minimum atomic E-state index is -0.487. The molecule has 4 rings (SSSR count). The summed E-state index contributed by atoms with van der Waals surface area (Å²) in [6.45, 7) is 1.72. The number of ether oxygens (including phenoxy) is 1. The Morgan fingerprint density at radius 3 is 2.15 bits per heavy atom. The Morgan fingerprint density at radius 1 is 0.889 bits per heavy atom. The highest BCUT2D eigenvalue weighted by atomic mass is 16.5. The molecule has 4 heteroatoms. The predicted octanol–water partition coefficient (Wildman–Crippen LogP) is 3.95. The number of rotatable bonds is 7. The second-order valence-corrected chi connectivity index (χ2v) is 6.74. The number of nitrogens with one attached hydrogen (secondary N) is 1. The summed E-state index contributed by atoms with van der Waals surface area (Å²) < 4.78 is 7.59. The minimum absolute atomic E-state index is 0.487. The second-order valence-electron chi connectivity index (χ2n) is 6.74. The lowest BCUT2D eigenvalue weighted by Crippen LogP contribution is -2.30. The van der Waals surface area contributed by atoms with Gasteiger partial charge in [0.25, 0.3) is 0 Å². The molecule has 0 aliphatic heterocycles. The third-order valence-corrected chi connectivity index (χ3v) is 4.96. The summed E-state index contributed by atoms with van der Waals surface area (Å²) in [7, 11) is 1.68. The van der Waals surface area contributed by atoms with E-state index >= 15 is 0 Å². The van der Waals surface area contributed by atoms with E-state index in [9.17, 15) is 5.11 Å². The van der Waals surface area contributed by atoms with Gasteiger partial charge in [0.2, 0.25) is 0 Å². The zero-order valence-corrected chi connectivity index (χ0v) is 15.4. The number of aliphatic hydroxyl groups excluding tert-OH is 1. The second kappa shape index (κ2) is 7.82. The largest absolute Gasteiger partial charge is 0.496 e. The van der Waals surface area contributed by atoms with E-state index in [0.717, 1.165) is 22.3 Å². The summed E-state index contributed by atoms with van der Waals surface area (Å²) in [5, 5.41) is 16.4. The van der Waals surface area contributed by atoms with Gasteiger partial charge in [0.05, 0.1) is 19.8 Å². The summed E-state index contributed by atoms with van der Waals surface area (Å²) in [5.74, 6) is 0.863. The lowest BCUT2D eigenvalue weighted by atomic mass is 10.2. The fraction of sp³-hybridized carbons (Fsp3) is 0.217. The normalized spacial score (nSPS) is 12.5. The van der Waals surface area contributed by atoms with E-state index in [1.54, 1.807) is 7.11 Å². The molecule has 1 atom stereocenters. The monoisotopic (exact) mass is 360 g/mol. The van der Waals surface area contributed by atoms with Gasteiger partial charge in [-0.1, -0.05) is 54.6 Å². The molecular weight excluding hydrogens is 336 g/mol. The molecule has 1 heterocycles. The number of aliphatic hydroxyl groups is 1. The first-order valence-electron chi connectivity index (χ1n) is 9.24. The van der Waals surface area contributed by atoms with E-state index in [1.165, 1.54) is 10.8 Å². The van der Waals surface area contributed by atoms with Crippen LogP contribution in [-0.4, -0.2) is 29.4 Å². The van der Waals surface area contributed by atoms with Crippen molar-refractivity contribution in [3.8, 4) is 5.75 Å². The van der Waals surface area contributed by atoms with Crippen LogP contribution in [0.15, 0.2) is 72.8 Å². The van der Waals surface area contributed by atoms with Crippen LogP contribution >= 0.6 is 0 Å². The molecule has 2 N–H and O–H groups in total. The van der Waals surface area contributed by atoms with E-state index in [1.807, 2.05) is 36.4 Å². The van der Waals surface area contributed by atoms with Gasteiger partial charge in [0, 0.05) is 40.5 Å². The summed E-state index contributed by atoms with van der Waals surface area (Å²) in [6.07, 6.45) is -0.487. The Labute approximate surface area is 159 Å². The number of nitrogens with zero attached hydrogens (tertiary/aromatic N) is 1. The summed E-state index contributed by atoms with van der Waals surface area (Å²) >= 11 is 0. The van der Waals surface area contributed by atoms with Crippen LogP contribution in [-0.2, 0) is 13.1 Å². The summed E-state index contributed by atoms with van der Waals surface area (Å²) in [4.78, 5) is 0. The molecule has 0 unspecified atom stereocenters. The highest BCUT2D eigenvalue weighted by Crippen LogP contribution is 2.28. The molecule has 0 aliphatic rings. The predicted molar refractivity (Wildman–Crippen MR) is 110 cm³/mol. The van der Waals surface area contributed by atoms with Crippen LogP contribution in [0.4, 0.5) is 0 Å². The number of benzene rings is 3. The fourth-order valence-electron chi connectivity index (χ4n) is 3.70. The van der Waals surface area contributed by atoms with Crippen molar-refractivity contribution in [2.75, 3.05) is 13.7 Å². The maximum Gasteiger partial charge on any atom is 0.123 e. The van der Waals surface area contributed by atoms with Crippen molar-refractivity contribution in [3.05, 3.63) is 78.4 Å². The first-order valence-corrected chi connectivity index (χ1v) is 9.24. The van der Waals surface area contributed by atoms with E-state index in [2.05, 4.69) is 46.3 Å². The molecule has 0 amide bonds. The molecule has 0 aliphatic carbocycles. The van der Waals surface area contributed by atoms with Gasteiger partial charge in [-0.25, -0.2) is 0 Å². The lowest BCUT2D eigenvalue weighted by molar-refractivity contribution is 0.154. The zero-order chi connectivity index (χ0) is 18.6. The van der Waals surface area contributed by atoms with Crippen LogP contribution in [0.3, 0.4) is 0 Å². The van der Waals surface area contributed by atoms with E-state index < -0.39 is 6.10 Å². The molecule has 0 bridgehead atoms. The quantitative estimate of drug-likeness (QED) is 0.524. The summed E-state index contributed by atoms with van der Waals surface area (Å²) in [5.41, 5.74) is 3.40. The molecule has 3 aromatic carbocycles. The molecule has 0 saturated carbocycles. The van der Waals surface area contributed by atoms with Crippen molar-refractivity contribution >= 4 is 21.8 Å². The first kappa shape index (κ1) is 17.6. The van der Waals surface area contributed by atoms with Crippen LogP contribution in [0.25, 0.3) is 21.8 Å². The molecule has 27 heavy (non-hydrogen) atoms. The number of hydrogen-bond donors (Lipinski definition) is 2. The SMILES string of the molecule is COc1ccccc1CNC[C@H](O)Cn1c2ccccc2c2ccccc21. The lowest BCUT2D eigenvalue weighted by Gasteiger charge is -2.15. The van der Waals surface area contributed by atoms with E-state index in [0.29, 0.717) is 19.6 Å². The van der Waals surface area contributed by atoms with E-state index in [4.69, 9.17) is 4.74 Å². The molecule has 4 aromatic rings. The number of hydrogen-bond acceptors (Lipinski definition) is 3. The van der Waals surface area contributed by atoms with Crippen LogP contribution in [0.5, 0.6) is 5.75 Å². The van der Waals surface area contributed by atoms with Gasteiger partial charge < -0.3 is 19.7 Å². The van der Waals surface area contributed by atoms with Gasteiger partial charge in [-0.2, -0.15) is 0 Å². The molecule has 0 spiro atoms. The number of para-hydroxylation sites is 3. The minimum Gasteiger partial charge on any atom is -0.496 e. The Bertz CT molecular complexity index is 1000. The third kappa shape index (κ3) is 3.54. The maximum absolute atomic E-state index is 10.6. The zero-order valence-electron chi connectivity index (χ0n) is 15.4. The number of methoxy groups -OCH3 is 1. The molecule has 0 saturated heterocycles. The highest BCUT2D eigenvalue weighted by molar-refractivity contribution is 6.07. The Hall–Kier alpha value is -2.82. The number of aromatic nitrogens is 1. The van der Waals surface area contributed by atoms with Gasteiger partial charge in [0.15, 0.2) is 0 Å². The first-order chi connectivity index (χ1) is 13.3. The fourth-order valence-corrected chi connectivity index (χ4v) is 3.70. The van der Waals surface area contributed by atoms with Crippen molar-refractivity contribution in [2.45, 2.75) is 19.2 Å². The molecular formula is C23H24N2O2.